The van der Waals surface area contributed by atoms with Gasteiger partial charge in [0.2, 0.25) is 11.8 Å². The first kappa shape index (κ1) is 16.5. The van der Waals surface area contributed by atoms with Crippen molar-refractivity contribution < 1.29 is 14.4 Å². The largest absolute Gasteiger partial charge is 0.369 e. The molecule has 5 nitrogen and oxygen atoms in total. The van der Waals surface area contributed by atoms with Crippen LogP contribution in [0.3, 0.4) is 0 Å². The molecule has 1 saturated heterocycles. The SMILES string of the molecule is NC(=O)[C@H]1CCCN(C(=O)CSCC(=O)c2ccccc2)C1. The highest BCUT2D eigenvalue weighted by molar-refractivity contribution is 8.00. The summed E-state index contributed by atoms with van der Waals surface area (Å²) < 4.78 is 0. The van der Waals surface area contributed by atoms with E-state index >= 15 is 0 Å². The van der Waals surface area contributed by atoms with Gasteiger partial charge in [-0.25, -0.2) is 0 Å². The van der Waals surface area contributed by atoms with Crippen LogP contribution in [-0.4, -0.2) is 47.1 Å². The van der Waals surface area contributed by atoms with Gasteiger partial charge >= 0.3 is 0 Å². The Morgan fingerprint density at radius 3 is 2.59 bits per heavy atom. The lowest BCUT2D eigenvalue weighted by Crippen LogP contribution is -2.44. The average Bonchev–Trinajstić information content (AvgIpc) is 2.55. The van der Waals surface area contributed by atoms with Crippen LogP contribution in [0.1, 0.15) is 23.2 Å². The van der Waals surface area contributed by atoms with Gasteiger partial charge in [-0.15, -0.1) is 11.8 Å². The zero-order chi connectivity index (χ0) is 15.9. The number of nitrogens with two attached hydrogens (primary N) is 1. The summed E-state index contributed by atoms with van der Waals surface area (Å²) in [4.78, 5) is 37.0. The second kappa shape index (κ2) is 7.98. The lowest BCUT2D eigenvalue weighted by atomic mass is 9.97. The average molecular weight is 320 g/mol. The third kappa shape index (κ3) is 4.59. The van der Waals surface area contributed by atoms with Crippen LogP contribution < -0.4 is 5.73 Å². The number of amides is 2. The Balaban J connectivity index is 1.76. The molecule has 1 aliphatic heterocycles. The molecule has 1 aliphatic rings. The quantitative estimate of drug-likeness (QED) is 0.802. The number of hydrogen-bond donors (Lipinski definition) is 1. The number of thioether (sulfide) groups is 1. The van der Waals surface area contributed by atoms with Gasteiger partial charge in [0.05, 0.1) is 17.4 Å². The Kier molecular flexibility index (Phi) is 6.00. The van der Waals surface area contributed by atoms with E-state index in [1.807, 2.05) is 18.2 Å². The van der Waals surface area contributed by atoms with Gasteiger partial charge in [-0.2, -0.15) is 0 Å². The van der Waals surface area contributed by atoms with Crippen LogP contribution in [0, 0.1) is 5.92 Å². The number of Topliss-reactive ketones (excluding diaryl/α,β-unsaturated/α-hetero) is 1. The van der Waals surface area contributed by atoms with Crippen molar-refractivity contribution in [3.8, 4) is 0 Å². The number of benzene rings is 1. The van der Waals surface area contributed by atoms with Crippen LogP contribution in [0.25, 0.3) is 0 Å². The molecule has 2 rings (SSSR count). The van der Waals surface area contributed by atoms with Crippen LogP contribution in [0.4, 0.5) is 0 Å². The molecule has 1 aromatic carbocycles. The lowest BCUT2D eigenvalue weighted by molar-refractivity contribution is -0.132. The number of piperidine rings is 1. The number of rotatable bonds is 6. The number of carbonyl (C=O) groups excluding carboxylic acids is 3. The first-order chi connectivity index (χ1) is 10.6. The van der Waals surface area contributed by atoms with E-state index in [-0.39, 0.29) is 35.0 Å². The van der Waals surface area contributed by atoms with Gasteiger partial charge in [-0.1, -0.05) is 30.3 Å². The molecule has 0 aliphatic carbocycles. The number of carbonyl (C=O) groups is 3. The molecule has 2 amide bonds. The molecule has 0 unspecified atom stereocenters. The maximum atomic E-state index is 12.1. The van der Waals surface area contributed by atoms with E-state index in [0.29, 0.717) is 18.7 Å². The van der Waals surface area contributed by atoms with Crippen molar-refractivity contribution >= 4 is 29.4 Å². The second-order valence-corrected chi connectivity index (χ2v) is 6.35. The molecule has 0 aromatic heterocycles. The molecule has 1 aromatic rings. The van der Waals surface area contributed by atoms with Crippen LogP contribution in [0.5, 0.6) is 0 Å². The van der Waals surface area contributed by atoms with Crippen molar-refractivity contribution in [3.05, 3.63) is 35.9 Å². The summed E-state index contributed by atoms with van der Waals surface area (Å²) in [6.07, 6.45) is 1.55. The van der Waals surface area contributed by atoms with Gasteiger partial charge < -0.3 is 10.6 Å². The molecule has 22 heavy (non-hydrogen) atoms. The minimum Gasteiger partial charge on any atom is -0.369 e. The third-order valence-corrected chi connectivity index (χ3v) is 4.65. The van der Waals surface area contributed by atoms with Crippen molar-refractivity contribution in [2.45, 2.75) is 12.8 Å². The van der Waals surface area contributed by atoms with E-state index in [2.05, 4.69) is 0 Å². The first-order valence-corrected chi connectivity index (χ1v) is 8.46. The number of hydrogen-bond acceptors (Lipinski definition) is 4. The maximum absolute atomic E-state index is 12.1. The molecule has 118 valence electrons. The first-order valence-electron chi connectivity index (χ1n) is 7.31. The van der Waals surface area contributed by atoms with Crippen LogP contribution >= 0.6 is 11.8 Å². The molecule has 2 N–H and O–H groups in total. The summed E-state index contributed by atoms with van der Waals surface area (Å²) in [6.45, 7) is 1.07. The molecule has 0 saturated carbocycles. The van der Waals surface area contributed by atoms with Crippen molar-refractivity contribution in [2.24, 2.45) is 11.7 Å². The summed E-state index contributed by atoms with van der Waals surface area (Å²) in [5, 5.41) is 0. The fraction of sp³-hybridized carbons (Fsp3) is 0.438. The predicted molar refractivity (Wildman–Crippen MR) is 86.6 cm³/mol. The van der Waals surface area contributed by atoms with Crippen LogP contribution in [0.15, 0.2) is 30.3 Å². The van der Waals surface area contributed by atoms with Gasteiger partial charge in [0, 0.05) is 18.7 Å². The van der Waals surface area contributed by atoms with Gasteiger partial charge in [0.1, 0.15) is 0 Å². The molecule has 0 radical (unpaired) electrons. The smallest absolute Gasteiger partial charge is 0.232 e. The van der Waals surface area contributed by atoms with E-state index in [1.54, 1.807) is 17.0 Å². The van der Waals surface area contributed by atoms with Gasteiger partial charge in [-0.05, 0) is 12.8 Å². The topological polar surface area (TPSA) is 80.5 Å². The van der Waals surface area contributed by atoms with Gasteiger partial charge in [0.15, 0.2) is 5.78 Å². The standard InChI is InChI=1S/C16H20N2O3S/c17-16(21)13-7-4-8-18(9-13)15(20)11-22-10-14(19)12-5-2-1-3-6-12/h1-3,5-6,13H,4,7-11H2,(H2,17,21)/t13-/m0/s1. The minimum atomic E-state index is -0.343. The molecular weight excluding hydrogens is 300 g/mol. The monoisotopic (exact) mass is 320 g/mol. The Morgan fingerprint density at radius 1 is 1.18 bits per heavy atom. The fourth-order valence-corrected chi connectivity index (χ4v) is 3.28. The Bertz CT molecular complexity index is 548. The summed E-state index contributed by atoms with van der Waals surface area (Å²) >= 11 is 1.31. The number of likely N-dealkylation sites (tertiary alicyclic amines) is 1. The van der Waals surface area contributed by atoms with E-state index in [4.69, 9.17) is 5.73 Å². The van der Waals surface area contributed by atoms with E-state index in [0.717, 1.165) is 12.8 Å². The fourth-order valence-electron chi connectivity index (χ4n) is 2.47. The molecule has 1 heterocycles. The van der Waals surface area contributed by atoms with E-state index in [1.165, 1.54) is 11.8 Å². The number of primary amides is 1. The molecule has 0 spiro atoms. The summed E-state index contributed by atoms with van der Waals surface area (Å²) in [6, 6.07) is 9.04. The van der Waals surface area contributed by atoms with Gasteiger partial charge in [-0.3, -0.25) is 14.4 Å². The molecule has 1 atom stereocenters. The highest BCUT2D eigenvalue weighted by Crippen LogP contribution is 2.17. The Morgan fingerprint density at radius 2 is 1.91 bits per heavy atom. The highest BCUT2D eigenvalue weighted by atomic mass is 32.2. The number of ketones is 1. The number of nitrogens with zero attached hydrogens (tertiary/aromatic N) is 1. The molecule has 6 heteroatoms. The van der Waals surface area contributed by atoms with Gasteiger partial charge in [0.25, 0.3) is 0 Å². The second-order valence-electron chi connectivity index (χ2n) is 5.36. The summed E-state index contributed by atoms with van der Waals surface area (Å²) in [5.74, 6) is -0.0608. The van der Waals surface area contributed by atoms with Crippen LogP contribution in [0.2, 0.25) is 0 Å². The Hall–Kier alpha value is -1.82. The molecular formula is C16H20N2O3S. The lowest BCUT2D eigenvalue weighted by Gasteiger charge is -2.31. The van der Waals surface area contributed by atoms with E-state index < -0.39 is 0 Å². The normalized spacial score (nSPS) is 18.0. The van der Waals surface area contributed by atoms with E-state index in [9.17, 15) is 14.4 Å². The summed E-state index contributed by atoms with van der Waals surface area (Å²) in [7, 11) is 0. The third-order valence-electron chi connectivity index (χ3n) is 3.73. The Labute approximate surface area is 134 Å². The maximum Gasteiger partial charge on any atom is 0.232 e. The predicted octanol–water partition coefficient (Wildman–Crippen LogP) is 1.33. The zero-order valence-electron chi connectivity index (χ0n) is 12.4. The van der Waals surface area contributed by atoms with Crippen molar-refractivity contribution in [3.63, 3.8) is 0 Å². The minimum absolute atomic E-state index is 0.0204. The molecule has 0 bridgehead atoms. The van der Waals surface area contributed by atoms with Crippen molar-refractivity contribution in [2.75, 3.05) is 24.6 Å². The van der Waals surface area contributed by atoms with Crippen molar-refractivity contribution in [1.82, 2.24) is 4.90 Å². The van der Waals surface area contributed by atoms with Crippen molar-refractivity contribution in [1.29, 1.82) is 0 Å². The molecule has 1 fully saturated rings. The van der Waals surface area contributed by atoms with Crippen LogP contribution in [-0.2, 0) is 9.59 Å². The zero-order valence-corrected chi connectivity index (χ0v) is 13.2. The highest BCUT2D eigenvalue weighted by Gasteiger charge is 2.26. The summed E-state index contributed by atoms with van der Waals surface area (Å²) in [5.41, 5.74) is 5.97.